The number of ether oxygens (including phenoxy) is 3. The van der Waals surface area contributed by atoms with Crippen molar-refractivity contribution >= 4 is 18.0 Å². The minimum absolute atomic E-state index is 0.0749. The lowest BCUT2D eigenvalue weighted by Crippen LogP contribution is -2.03. The maximum Gasteiger partial charge on any atom is 0.335 e. The summed E-state index contributed by atoms with van der Waals surface area (Å²) < 4.78 is 16.2. The number of carbonyl (C=O) groups is 2. The van der Waals surface area contributed by atoms with Crippen LogP contribution < -0.4 is 14.2 Å². The maximum absolute atomic E-state index is 11.1. The second-order valence-electron chi connectivity index (χ2n) is 5.20. The summed E-state index contributed by atoms with van der Waals surface area (Å²) in [7, 11) is 2.97. The number of carboxylic acids is 2. The maximum atomic E-state index is 11.1. The average Bonchev–Trinajstić information content (AvgIpc) is 2.64. The molecule has 0 heterocycles. The van der Waals surface area contributed by atoms with Gasteiger partial charge in [0.15, 0.2) is 11.5 Å². The first-order valence-electron chi connectivity index (χ1n) is 7.56. The molecule has 0 aliphatic rings. The van der Waals surface area contributed by atoms with Gasteiger partial charge in [0, 0.05) is 11.6 Å². The van der Waals surface area contributed by atoms with E-state index in [0.717, 1.165) is 6.08 Å². The molecule has 7 heteroatoms. The van der Waals surface area contributed by atoms with E-state index in [1.807, 2.05) is 0 Å². The summed E-state index contributed by atoms with van der Waals surface area (Å²) >= 11 is 0. The molecule has 2 aromatic carbocycles. The molecule has 0 saturated carbocycles. The second-order valence-corrected chi connectivity index (χ2v) is 5.20. The van der Waals surface area contributed by atoms with Crippen molar-refractivity contribution in [3.05, 3.63) is 59.2 Å². The summed E-state index contributed by atoms with van der Waals surface area (Å²) in [6, 6.07) is 9.46. The Kier molecular flexibility index (Phi) is 6.21. The van der Waals surface area contributed by atoms with Gasteiger partial charge >= 0.3 is 11.9 Å². The predicted molar refractivity (Wildman–Crippen MR) is 93.9 cm³/mol. The molecule has 26 heavy (non-hydrogen) atoms. The molecule has 7 nitrogen and oxygen atoms in total. The second kappa shape index (κ2) is 8.57. The predicted octanol–water partition coefficient (Wildman–Crippen LogP) is 3.08. The Bertz CT molecular complexity index is 840. The molecule has 0 aromatic heterocycles. The van der Waals surface area contributed by atoms with E-state index in [0.29, 0.717) is 22.6 Å². The highest BCUT2D eigenvalue weighted by atomic mass is 16.5. The van der Waals surface area contributed by atoms with Gasteiger partial charge in [0.1, 0.15) is 12.4 Å². The zero-order chi connectivity index (χ0) is 19.1. The van der Waals surface area contributed by atoms with E-state index in [2.05, 4.69) is 0 Å². The van der Waals surface area contributed by atoms with Gasteiger partial charge in [-0.05, 0) is 42.0 Å². The molecule has 0 aliphatic heterocycles. The minimum atomic E-state index is -1.07. The Morgan fingerprint density at radius 2 is 1.65 bits per heavy atom. The van der Waals surface area contributed by atoms with Crippen LogP contribution in [0, 0.1) is 0 Å². The molecule has 0 aliphatic carbocycles. The van der Waals surface area contributed by atoms with Gasteiger partial charge in [-0.1, -0.05) is 6.07 Å². The number of hydrogen-bond donors (Lipinski definition) is 2. The highest BCUT2D eigenvalue weighted by molar-refractivity contribution is 5.88. The Morgan fingerprint density at radius 3 is 2.27 bits per heavy atom. The number of benzene rings is 2. The van der Waals surface area contributed by atoms with Crippen molar-refractivity contribution in [1.29, 1.82) is 0 Å². The molecule has 136 valence electrons. The highest BCUT2D eigenvalue weighted by Crippen LogP contribution is 2.30. The fourth-order valence-corrected chi connectivity index (χ4v) is 2.26. The minimum Gasteiger partial charge on any atom is -0.496 e. The third kappa shape index (κ3) is 4.76. The van der Waals surface area contributed by atoms with Gasteiger partial charge in [-0.2, -0.15) is 0 Å². The van der Waals surface area contributed by atoms with Crippen molar-refractivity contribution in [1.82, 2.24) is 0 Å². The standard InChI is InChI=1S/C19H18O7/c1-24-15-6-3-12(4-8-18(20)21)9-14(15)11-26-17-10-13(19(22)23)5-7-16(17)25-2/h3-10H,11H2,1-2H3,(H,20,21)(H,22,23). The monoisotopic (exact) mass is 358 g/mol. The van der Waals surface area contributed by atoms with Gasteiger partial charge < -0.3 is 24.4 Å². The lowest BCUT2D eigenvalue weighted by Gasteiger charge is -2.14. The molecule has 2 aromatic rings. The lowest BCUT2D eigenvalue weighted by atomic mass is 10.1. The molecule has 0 atom stereocenters. The van der Waals surface area contributed by atoms with Crippen LogP contribution in [0.5, 0.6) is 17.2 Å². The first-order chi connectivity index (χ1) is 12.4. The molecule has 0 fully saturated rings. The van der Waals surface area contributed by atoms with Crippen molar-refractivity contribution in [2.45, 2.75) is 6.61 Å². The number of rotatable bonds is 8. The van der Waals surface area contributed by atoms with Crippen molar-refractivity contribution in [2.75, 3.05) is 14.2 Å². The molecule has 0 bridgehead atoms. The summed E-state index contributed by atoms with van der Waals surface area (Å²) in [6.45, 7) is 0.0807. The van der Waals surface area contributed by atoms with E-state index < -0.39 is 11.9 Å². The number of methoxy groups -OCH3 is 2. The Labute approximate surface area is 150 Å². The SMILES string of the molecule is COc1ccc(C=CC(=O)O)cc1COc1cc(C(=O)O)ccc1OC. The summed E-state index contributed by atoms with van der Waals surface area (Å²) in [5.41, 5.74) is 1.41. The van der Waals surface area contributed by atoms with Crippen LogP contribution in [0.25, 0.3) is 6.08 Å². The quantitative estimate of drug-likeness (QED) is 0.699. The first kappa shape index (κ1) is 18.9. The van der Waals surface area contributed by atoms with E-state index in [1.165, 1.54) is 38.5 Å². The molecule has 0 saturated heterocycles. The fraction of sp³-hybridized carbons (Fsp3) is 0.158. The molecule has 2 N–H and O–H groups in total. The van der Waals surface area contributed by atoms with Gasteiger partial charge in [0.05, 0.1) is 19.8 Å². The zero-order valence-electron chi connectivity index (χ0n) is 14.3. The summed E-state index contributed by atoms with van der Waals surface area (Å²) in [5, 5.41) is 17.8. The van der Waals surface area contributed by atoms with Crippen LogP contribution in [0.1, 0.15) is 21.5 Å². The van der Waals surface area contributed by atoms with Gasteiger partial charge in [0.25, 0.3) is 0 Å². The third-order valence-corrected chi connectivity index (χ3v) is 3.52. The van der Waals surface area contributed by atoms with Gasteiger partial charge in [-0.15, -0.1) is 0 Å². The van der Waals surface area contributed by atoms with E-state index in [9.17, 15) is 9.59 Å². The van der Waals surface area contributed by atoms with Gasteiger partial charge in [0.2, 0.25) is 0 Å². The Hall–Kier alpha value is -3.48. The molecular weight excluding hydrogens is 340 g/mol. The van der Waals surface area contributed by atoms with Crippen LogP contribution in [0.4, 0.5) is 0 Å². The van der Waals surface area contributed by atoms with Gasteiger partial charge in [-0.3, -0.25) is 0 Å². The lowest BCUT2D eigenvalue weighted by molar-refractivity contribution is -0.131. The highest BCUT2D eigenvalue weighted by Gasteiger charge is 2.12. The fourth-order valence-electron chi connectivity index (χ4n) is 2.26. The summed E-state index contributed by atoms with van der Waals surface area (Å²) in [6.07, 6.45) is 2.49. The first-order valence-corrected chi connectivity index (χ1v) is 7.56. The largest absolute Gasteiger partial charge is 0.496 e. The van der Waals surface area contributed by atoms with E-state index in [1.54, 1.807) is 18.2 Å². The van der Waals surface area contributed by atoms with Crippen LogP contribution in [0.15, 0.2) is 42.5 Å². The molecular formula is C19H18O7. The summed E-state index contributed by atoms with van der Waals surface area (Å²) in [4.78, 5) is 21.8. The van der Waals surface area contributed by atoms with E-state index in [-0.39, 0.29) is 17.9 Å². The van der Waals surface area contributed by atoms with Crippen LogP contribution in [-0.2, 0) is 11.4 Å². The molecule has 2 rings (SSSR count). The Morgan fingerprint density at radius 1 is 0.962 bits per heavy atom. The van der Waals surface area contributed by atoms with E-state index >= 15 is 0 Å². The molecule has 0 radical (unpaired) electrons. The van der Waals surface area contributed by atoms with E-state index in [4.69, 9.17) is 24.4 Å². The topological polar surface area (TPSA) is 102 Å². The smallest absolute Gasteiger partial charge is 0.335 e. The van der Waals surface area contributed by atoms with Crippen LogP contribution in [0.3, 0.4) is 0 Å². The van der Waals surface area contributed by atoms with Crippen LogP contribution >= 0.6 is 0 Å². The number of aliphatic carboxylic acids is 1. The zero-order valence-corrected chi connectivity index (χ0v) is 14.3. The normalized spacial score (nSPS) is 10.5. The van der Waals surface area contributed by atoms with Crippen molar-refractivity contribution < 1.29 is 34.0 Å². The third-order valence-electron chi connectivity index (χ3n) is 3.52. The summed E-state index contributed by atoms with van der Waals surface area (Å²) in [5.74, 6) is -0.882. The van der Waals surface area contributed by atoms with Crippen molar-refractivity contribution in [2.24, 2.45) is 0 Å². The number of carboxylic acid groups (broad SMARTS) is 2. The molecule has 0 spiro atoms. The molecule has 0 unspecified atom stereocenters. The number of hydrogen-bond acceptors (Lipinski definition) is 5. The van der Waals surface area contributed by atoms with Crippen molar-refractivity contribution in [3.8, 4) is 17.2 Å². The van der Waals surface area contributed by atoms with Crippen LogP contribution in [-0.4, -0.2) is 36.4 Å². The number of aromatic carboxylic acids is 1. The van der Waals surface area contributed by atoms with Gasteiger partial charge in [-0.25, -0.2) is 9.59 Å². The van der Waals surface area contributed by atoms with Crippen LogP contribution in [0.2, 0.25) is 0 Å². The Balaban J connectivity index is 2.28. The molecule has 0 amide bonds. The van der Waals surface area contributed by atoms with Crippen molar-refractivity contribution in [3.63, 3.8) is 0 Å². The average molecular weight is 358 g/mol.